The fourth-order valence-electron chi connectivity index (χ4n) is 2.76. The van der Waals surface area contributed by atoms with Crippen LogP contribution in [0, 0.1) is 13.8 Å². The van der Waals surface area contributed by atoms with Crippen molar-refractivity contribution in [2.45, 2.75) is 33.4 Å². The number of benzene rings is 2. The van der Waals surface area contributed by atoms with Gasteiger partial charge in [0.25, 0.3) is 5.91 Å². The average Bonchev–Trinajstić information content (AvgIpc) is 2.65. The fourth-order valence-corrected chi connectivity index (χ4v) is 2.76. The molecule has 3 N–H and O–H groups in total. The molecule has 0 saturated carbocycles. The zero-order chi connectivity index (χ0) is 19.3. The molecule has 0 heterocycles. The molecule has 0 fully saturated rings. The first-order valence-electron chi connectivity index (χ1n) is 8.46. The molecule has 2 aromatic rings. The lowest BCUT2D eigenvalue weighted by atomic mass is 10.1. The number of likely N-dealkylation sites (N-methyl/N-ethyl adjacent to an activating group) is 1. The summed E-state index contributed by atoms with van der Waals surface area (Å²) in [6, 6.07) is 12.5. The van der Waals surface area contributed by atoms with Gasteiger partial charge in [-0.3, -0.25) is 14.8 Å². The number of nitrogens with zero attached hydrogens (tertiary/aromatic N) is 1. The van der Waals surface area contributed by atoms with Gasteiger partial charge in [-0.1, -0.05) is 29.8 Å². The molecule has 26 heavy (non-hydrogen) atoms. The normalized spacial score (nSPS) is 11.7. The first kappa shape index (κ1) is 19.6. The summed E-state index contributed by atoms with van der Waals surface area (Å²) >= 11 is 0. The van der Waals surface area contributed by atoms with Crippen LogP contribution in [0.15, 0.2) is 42.5 Å². The second-order valence-electron chi connectivity index (χ2n) is 6.36. The number of anilines is 1. The molecule has 0 aliphatic carbocycles. The van der Waals surface area contributed by atoms with Gasteiger partial charge in [0.15, 0.2) is 0 Å². The predicted octanol–water partition coefficient (Wildman–Crippen LogP) is 2.56. The molecule has 2 aromatic carbocycles. The van der Waals surface area contributed by atoms with Crippen LogP contribution in [0.2, 0.25) is 0 Å². The van der Waals surface area contributed by atoms with Crippen molar-refractivity contribution in [2.24, 2.45) is 0 Å². The van der Waals surface area contributed by atoms with E-state index in [4.69, 9.17) is 5.21 Å². The first-order chi connectivity index (χ1) is 12.4. The molecule has 0 aromatic heterocycles. The van der Waals surface area contributed by atoms with Gasteiger partial charge in [-0.25, -0.2) is 5.48 Å². The standard InChI is InChI=1S/C20H25N3O3/c1-13-5-10-18(14(2)11-13)23(20(25)15(3)21-4)12-16-6-8-17(9-7-16)19(24)22-26/h5-11,15,21,26H,12H2,1-4H3,(H,22,24). The Morgan fingerprint density at radius 1 is 1.12 bits per heavy atom. The lowest BCUT2D eigenvalue weighted by Crippen LogP contribution is -2.43. The van der Waals surface area contributed by atoms with Crippen LogP contribution in [-0.4, -0.2) is 30.1 Å². The molecule has 0 radical (unpaired) electrons. The van der Waals surface area contributed by atoms with Gasteiger partial charge < -0.3 is 10.2 Å². The fraction of sp³-hybridized carbons (Fsp3) is 0.300. The molecule has 6 heteroatoms. The summed E-state index contributed by atoms with van der Waals surface area (Å²) in [5.41, 5.74) is 5.87. The van der Waals surface area contributed by atoms with Gasteiger partial charge in [0.05, 0.1) is 12.6 Å². The van der Waals surface area contributed by atoms with E-state index in [2.05, 4.69) is 5.32 Å². The van der Waals surface area contributed by atoms with Crippen molar-refractivity contribution in [3.63, 3.8) is 0 Å². The zero-order valence-electron chi connectivity index (χ0n) is 15.5. The van der Waals surface area contributed by atoms with Crippen LogP contribution in [-0.2, 0) is 11.3 Å². The van der Waals surface area contributed by atoms with Crippen molar-refractivity contribution < 1.29 is 14.8 Å². The van der Waals surface area contributed by atoms with Gasteiger partial charge >= 0.3 is 0 Å². The van der Waals surface area contributed by atoms with E-state index in [1.165, 1.54) is 0 Å². The maximum Gasteiger partial charge on any atom is 0.274 e. The summed E-state index contributed by atoms with van der Waals surface area (Å²) in [6.07, 6.45) is 0. The van der Waals surface area contributed by atoms with Crippen LogP contribution < -0.4 is 15.7 Å². The molecular formula is C20H25N3O3. The molecule has 0 spiro atoms. The molecule has 0 bridgehead atoms. The van der Waals surface area contributed by atoms with E-state index in [-0.39, 0.29) is 11.9 Å². The highest BCUT2D eigenvalue weighted by Gasteiger charge is 2.22. The third-order valence-electron chi connectivity index (χ3n) is 4.37. The number of amides is 2. The molecule has 2 amide bonds. The monoisotopic (exact) mass is 355 g/mol. The van der Waals surface area contributed by atoms with Gasteiger partial charge in [-0.2, -0.15) is 0 Å². The number of carbonyl (C=O) groups is 2. The van der Waals surface area contributed by atoms with Gasteiger partial charge in [-0.05, 0) is 57.1 Å². The average molecular weight is 355 g/mol. The Kier molecular flexibility index (Phi) is 6.49. The van der Waals surface area contributed by atoms with Crippen LogP contribution in [0.5, 0.6) is 0 Å². The van der Waals surface area contributed by atoms with E-state index >= 15 is 0 Å². The minimum absolute atomic E-state index is 0.0309. The summed E-state index contributed by atoms with van der Waals surface area (Å²) < 4.78 is 0. The van der Waals surface area contributed by atoms with Crippen LogP contribution in [0.25, 0.3) is 0 Å². The SMILES string of the molecule is CNC(C)C(=O)N(Cc1ccc(C(=O)NO)cc1)c1ccc(C)cc1C. The number of hydrogen-bond donors (Lipinski definition) is 3. The highest BCUT2D eigenvalue weighted by atomic mass is 16.5. The van der Waals surface area contributed by atoms with Crippen molar-refractivity contribution in [3.05, 3.63) is 64.7 Å². The van der Waals surface area contributed by atoms with Crippen LogP contribution in [0.1, 0.15) is 34.0 Å². The lowest BCUT2D eigenvalue weighted by Gasteiger charge is -2.27. The first-order valence-corrected chi connectivity index (χ1v) is 8.46. The second kappa shape index (κ2) is 8.60. The molecule has 0 aliphatic heterocycles. The molecule has 6 nitrogen and oxygen atoms in total. The molecule has 0 aliphatic rings. The Balaban J connectivity index is 2.35. The van der Waals surface area contributed by atoms with Gasteiger partial charge in [0, 0.05) is 11.3 Å². The molecule has 2 rings (SSSR count). The third kappa shape index (κ3) is 4.47. The largest absolute Gasteiger partial charge is 0.309 e. The van der Waals surface area contributed by atoms with Crippen molar-refractivity contribution in [1.82, 2.24) is 10.8 Å². The van der Waals surface area contributed by atoms with E-state index in [9.17, 15) is 9.59 Å². The van der Waals surface area contributed by atoms with Crippen molar-refractivity contribution >= 4 is 17.5 Å². The lowest BCUT2D eigenvalue weighted by molar-refractivity contribution is -0.120. The Morgan fingerprint density at radius 3 is 2.31 bits per heavy atom. The summed E-state index contributed by atoms with van der Waals surface area (Å²) in [5.74, 6) is -0.598. The number of hydroxylamine groups is 1. The smallest absolute Gasteiger partial charge is 0.274 e. The van der Waals surface area contributed by atoms with Crippen molar-refractivity contribution in [2.75, 3.05) is 11.9 Å². The van der Waals surface area contributed by atoms with E-state index in [0.717, 1.165) is 22.4 Å². The summed E-state index contributed by atoms with van der Waals surface area (Å²) in [4.78, 5) is 26.1. The summed E-state index contributed by atoms with van der Waals surface area (Å²) in [5, 5.41) is 11.7. The van der Waals surface area contributed by atoms with Crippen LogP contribution >= 0.6 is 0 Å². The topological polar surface area (TPSA) is 81.7 Å². The second-order valence-corrected chi connectivity index (χ2v) is 6.36. The third-order valence-corrected chi connectivity index (χ3v) is 4.37. The number of aryl methyl sites for hydroxylation is 2. The van der Waals surface area contributed by atoms with E-state index < -0.39 is 5.91 Å². The molecular weight excluding hydrogens is 330 g/mol. The van der Waals surface area contributed by atoms with Crippen LogP contribution in [0.3, 0.4) is 0 Å². The Bertz CT molecular complexity index is 787. The van der Waals surface area contributed by atoms with Crippen LogP contribution in [0.4, 0.5) is 5.69 Å². The quantitative estimate of drug-likeness (QED) is 0.549. The van der Waals surface area contributed by atoms with Gasteiger partial charge in [-0.15, -0.1) is 0 Å². The van der Waals surface area contributed by atoms with E-state index in [1.54, 1.807) is 41.7 Å². The van der Waals surface area contributed by atoms with Gasteiger partial charge in [0.2, 0.25) is 5.91 Å². The molecule has 0 saturated heterocycles. The van der Waals surface area contributed by atoms with E-state index in [1.807, 2.05) is 39.0 Å². The highest BCUT2D eigenvalue weighted by Crippen LogP contribution is 2.24. The number of carbonyl (C=O) groups excluding carboxylic acids is 2. The summed E-state index contributed by atoms with van der Waals surface area (Å²) in [7, 11) is 1.76. The zero-order valence-corrected chi connectivity index (χ0v) is 15.5. The summed E-state index contributed by atoms with van der Waals surface area (Å²) in [6.45, 7) is 6.22. The maximum absolute atomic E-state index is 12.9. The Labute approximate surface area is 153 Å². The highest BCUT2D eigenvalue weighted by molar-refractivity contribution is 5.97. The van der Waals surface area contributed by atoms with Gasteiger partial charge in [0.1, 0.15) is 0 Å². The minimum Gasteiger partial charge on any atom is -0.309 e. The molecule has 1 atom stereocenters. The maximum atomic E-state index is 12.9. The predicted molar refractivity (Wildman–Crippen MR) is 101 cm³/mol. The number of hydrogen-bond acceptors (Lipinski definition) is 4. The molecule has 138 valence electrons. The Hall–Kier alpha value is -2.70. The van der Waals surface area contributed by atoms with Crippen molar-refractivity contribution in [3.8, 4) is 0 Å². The molecule has 1 unspecified atom stereocenters. The number of rotatable bonds is 6. The van der Waals surface area contributed by atoms with Crippen molar-refractivity contribution in [1.29, 1.82) is 0 Å². The Morgan fingerprint density at radius 2 is 1.77 bits per heavy atom. The number of nitrogens with one attached hydrogen (secondary N) is 2. The van der Waals surface area contributed by atoms with E-state index in [0.29, 0.717) is 12.1 Å². The minimum atomic E-state index is -0.567.